The molecule has 0 spiro atoms. The average Bonchev–Trinajstić information content (AvgIpc) is 2.75. The van der Waals surface area contributed by atoms with Crippen LogP contribution in [0.2, 0.25) is 0 Å². The van der Waals surface area contributed by atoms with Crippen LogP contribution in [0.5, 0.6) is 0 Å². The number of rotatable bonds is 6. The third-order valence-electron chi connectivity index (χ3n) is 2.39. The second kappa shape index (κ2) is 6.28. The predicted molar refractivity (Wildman–Crippen MR) is 70.0 cm³/mol. The van der Waals surface area contributed by atoms with E-state index in [2.05, 4.69) is 20.3 Å². The summed E-state index contributed by atoms with van der Waals surface area (Å²) in [5.74, 6) is -0.440. The van der Waals surface area contributed by atoms with Crippen molar-refractivity contribution in [3.05, 3.63) is 12.0 Å². The van der Waals surface area contributed by atoms with Crippen molar-refractivity contribution in [1.82, 2.24) is 15.0 Å². The Labute approximate surface area is 112 Å². The van der Waals surface area contributed by atoms with Gasteiger partial charge in [-0.3, -0.25) is 9.80 Å². The molecule has 0 aliphatic carbocycles. The van der Waals surface area contributed by atoms with Crippen LogP contribution in [0.3, 0.4) is 0 Å². The molecule has 0 aromatic carbocycles. The number of hydrogen-bond donors (Lipinski definition) is 2. The topological polar surface area (TPSA) is 109 Å². The fourth-order valence-corrected chi connectivity index (χ4v) is 1.33. The monoisotopic (exact) mass is 268 g/mol. The number of nitrogens with zero attached hydrogens (tertiary/aromatic N) is 4. The molecule has 106 valence electrons. The molecular weight excluding hydrogens is 248 g/mol. The summed E-state index contributed by atoms with van der Waals surface area (Å²) >= 11 is 0. The Morgan fingerprint density at radius 1 is 1.58 bits per heavy atom. The number of carbonyl (C=O) groups is 1. The van der Waals surface area contributed by atoms with Gasteiger partial charge in [0.25, 0.3) is 5.91 Å². The van der Waals surface area contributed by atoms with Crippen LogP contribution in [0.1, 0.15) is 31.3 Å². The molecule has 8 nitrogen and oxygen atoms in total. The molecule has 19 heavy (non-hydrogen) atoms. The van der Waals surface area contributed by atoms with Crippen LogP contribution in [-0.2, 0) is 4.74 Å². The van der Waals surface area contributed by atoms with Gasteiger partial charge in [0.2, 0.25) is 5.82 Å². The number of nitrogens with one attached hydrogen (secondary N) is 1. The lowest BCUT2D eigenvalue weighted by Gasteiger charge is -2.31. The normalized spacial score (nSPS) is 12.0. The first-order chi connectivity index (χ1) is 8.86. The van der Waals surface area contributed by atoms with Gasteiger partial charge >= 0.3 is 0 Å². The molecule has 0 aliphatic heterocycles. The van der Waals surface area contributed by atoms with Crippen LogP contribution in [0.25, 0.3) is 0 Å². The van der Waals surface area contributed by atoms with Gasteiger partial charge in [-0.2, -0.15) is 0 Å². The van der Waals surface area contributed by atoms with Gasteiger partial charge in [-0.05, 0) is 20.8 Å². The van der Waals surface area contributed by atoms with Crippen molar-refractivity contribution in [2.45, 2.75) is 26.3 Å². The maximum atomic E-state index is 11.1. The average molecular weight is 268 g/mol. The van der Waals surface area contributed by atoms with Gasteiger partial charge in [-0.1, -0.05) is 5.22 Å². The minimum atomic E-state index is -0.620. The summed E-state index contributed by atoms with van der Waals surface area (Å²) in [6.07, 6.45) is 1.35. The summed E-state index contributed by atoms with van der Waals surface area (Å²) in [4.78, 5) is 17.6. The van der Waals surface area contributed by atoms with Crippen molar-refractivity contribution >= 4 is 11.7 Å². The minimum absolute atomic E-state index is 0.143. The fourth-order valence-electron chi connectivity index (χ4n) is 1.33. The molecule has 0 saturated heterocycles. The van der Waals surface area contributed by atoms with E-state index in [-0.39, 0.29) is 17.1 Å². The van der Waals surface area contributed by atoms with Crippen LogP contribution in [0.4, 0.5) is 5.82 Å². The SMILES string of the molecule is COCCN(/N=N/c1nc[nH]c1C(N)=O)C(C)(C)C. The summed E-state index contributed by atoms with van der Waals surface area (Å²) in [5, 5.41) is 9.83. The van der Waals surface area contributed by atoms with E-state index in [9.17, 15) is 4.79 Å². The van der Waals surface area contributed by atoms with E-state index in [0.717, 1.165) is 0 Å². The van der Waals surface area contributed by atoms with E-state index >= 15 is 0 Å². The summed E-state index contributed by atoms with van der Waals surface area (Å²) in [5.41, 5.74) is 5.11. The number of aromatic amines is 1. The highest BCUT2D eigenvalue weighted by atomic mass is 16.5. The number of methoxy groups -OCH3 is 1. The molecule has 1 amide bonds. The number of carbonyl (C=O) groups excluding carboxylic acids is 1. The number of hydrogen-bond acceptors (Lipinski definition) is 5. The Morgan fingerprint density at radius 3 is 2.79 bits per heavy atom. The molecule has 0 saturated carbocycles. The van der Waals surface area contributed by atoms with Crippen molar-refractivity contribution in [2.24, 2.45) is 16.1 Å². The molecule has 0 atom stereocenters. The summed E-state index contributed by atoms with van der Waals surface area (Å²) in [6.45, 7) is 7.11. The van der Waals surface area contributed by atoms with Crippen LogP contribution in [0.15, 0.2) is 16.7 Å². The fraction of sp³-hybridized carbons (Fsp3) is 0.636. The minimum Gasteiger partial charge on any atom is -0.383 e. The van der Waals surface area contributed by atoms with Crippen molar-refractivity contribution in [3.63, 3.8) is 0 Å². The zero-order chi connectivity index (χ0) is 14.5. The number of ether oxygens (including phenoxy) is 1. The van der Waals surface area contributed by atoms with Gasteiger partial charge in [0, 0.05) is 7.11 Å². The summed E-state index contributed by atoms with van der Waals surface area (Å²) in [6, 6.07) is 0. The first-order valence-corrected chi connectivity index (χ1v) is 5.87. The summed E-state index contributed by atoms with van der Waals surface area (Å²) in [7, 11) is 1.62. The number of imidazole rings is 1. The van der Waals surface area contributed by atoms with Crippen molar-refractivity contribution < 1.29 is 9.53 Å². The largest absolute Gasteiger partial charge is 0.383 e. The molecule has 1 rings (SSSR count). The van der Waals surface area contributed by atoms with Crippen LogP contribution < -0.4 is 5.73 Å². The zero-order valence-corrected chi connectivity index (χ0v) is 11.7. The lowest BCUT2D eigenvalue weighted by Crippen LogP contribution is -2.39. The van der Waals surface area contributed by atoms with Gasteiger partial charge in [-0.15, -0.1) is 5.11 Å². The molecule has 8 heteroatoms. The van der Waals surface area contributed by atoms with E-state index in [0.29, 0.717) is 13.2 Å². The maximum absolute atomic E-state index is 11.1. The lowest BCUT2D eigenvalue weighted by atomic mass is 10.1. The first kappa shape index (κ1) is 15.1. The van der Waals surface area contributed by atoms with E-state index in [4.69, 9.17) is 10.5 Å². The Balaban J connectivity index is 2.86. The van der Waals surface area contributed by atoms with Crippen molar-refractivity contribution in [2.75, 3.05) is 20.3 Å². The number of aromatic nitrogens is 2. The highest BCUT2D eigenvalue weighted by Gasteiger charge is 2.20. The van der Waals surface area contributed by atoms with Crippen molar-refractivity contribution in [3.8, 4) is 0 Å². The highest BCUT2D eigenvalue weighted by Crippen LogP contribution is 2.18. The van der Waals surface area contributed by atoms with Gasteiger partial charge in [0.15, 0.2) is 5.69 Å². The molecular formula is C11H20N6O2. The quantitative estimate of drug-likeness (QED) is 0.597. The number of nitrogens with two attached hydrogens (primary N) is 1. The molecule has 0 radical (unpaired) electrons. The molecule has 1 aromatic heterocycles. The van der Waals surface area contributed by atoms with E-state index in [1.54, 1.807) is 12.1 Å². The van der Waals surface area contributed by atoms with Gasteiger partial charge in [0.05, 0.1) is 25.0 Å². The Bertz CT molecular complexity index is 448. The number of H-pyrrole nitrogens is 1. The number of primary amides is 1. The zero-order valence-electron chi connectivity index (χ0n) is 11.7. The smallest absolute Gasteiger partial charge is 0.269 e. The first-order valence-electron chi connectivity index (χ1n) is 5.87. The Kier molecular flexibility index (Phi) is 4.99. The van der Waals surface area contributed by atoms with E-state index < -0.39 is 5.91 Å². The third-order valence-corrected chi connectivity index (χ3v) is 2.39. The molecule has 1 heterocycles. The van der Waals surface area contributed by atoms with Crippen LogP contribution in [0, 0.1) is 0 Å². The van der Waals surface area contributed by atoms with E-state index in [1.165, 1.54) is 6.33 Å². The van der Waals surface area contributed by atoms with Crippen LogP contribution in [-0.4, -0.2) is 46.7 Å². The van der Waals surface area contributed by atoms with E-state index in [1.807, 2.05) is 20.8 Å². The molecule has 0 unspecified atom stereocenters. The Hall–Kier alpha value is -1.96. The molecule has 0 aliphatic rings. The van der Waals surface area contributed by atoms with Gasteiger partial charge in [0.1, 0.15) is 0 Å². The van der Waals surface area contributed by atoms with Crippen molar-refractivity contribution in [1.29, 1.82) is 0 Å². The third kappa shape index (κ3) is 4.32. The number of amides is 1. The standard InChI is InChI=1S/C11H20N6O2/c1-11(2,3)17(5-6-19-4)16-15-10-8(9(12)18)13-7-14-10/h7H,5-6H2,1-4H3,(H2,12,18)(H,13,14)/b16-15+. The maximum Gasteiger partial charge on any atom is 0.269 e. The second-order valence-corrected chi connectivity index (χ2v) is 4.94. The summed E-state index contributed by atoms with van der Waals surface area (Å²) < 4.78 is 5.03. The highest BCUT2D eigenvalue weighted by molar-refractivity contribution is 5.94. The van der Waals surface area contributed by atoms with Gasteiger partial charge in [-0.25, -0.2) is 4.98 Å². The van der Waals surface area contributed by atoms with Gasteiger partial charge < -0.3 is 15.5 Å². The second-order valence-electron chi connectivity index (χ2n) is 4.94. The van der Waals surface area contributed by atoms with Crippen LogP contribution >= 0.6 is 0 Å². The molecule has 1 aromatic rings. The lowest BCUT2D eigenvalue weighted by molar-refractivity contribution is 0.0827. The molecule has 0 fully saturated rings. The Morgan fingerprint density at radius 2 is 2.26 bits per heavy atom. The predicted octanol–water partition coefficient (Wildman–Crippen LogP) is 1.25. The molecule has 0 bridgehead atoms. The molecule has 3 N–H and O–H groups in total.